The van der Waals surface area contributed by atoms with Crippen molar-refractivity contribution >= 4 is 51.2 Å². The van der Waals surface area contributed by atoms with Crippen LogP contribution in [-0.4, -0.2) is 34.8 Å². The van der Waals surface area contributed by atoms with Crippen LogP contribution in [0.2, 0.25) is 4.34 Å². The summed E-state index contributed by atoms with van der Waals surface area (Å²) >= 11 is 8.73. The lowest BCUT2D eigenvalue weighted by Crippen LogP contribution is -2.28. The van der Waals surface area contributed by atoms with Crippen molar-refractivity contribution in [2.75, 3.05) is 18.4 Å². The maximum absolute atomic E-state index is 12.2. The zero-order valence-corrected chi connectivity index (χ0v) is 14.2. The third-order valence-electron chi connectivity index (χ3n) is 3.53. The van der Waals surface area contributed by atoms with Gasteiger partial charge in [-0.05, 0) is 19.1 Å². The van der Waals surface area contributed by atoms with Crippen molar-refractivity contribution in [3.8, 4) is 10.6 Å². The molecule has 0 bridgehead atoms. The summed E-state index contributed by atoms with van der Waals surface area (Å²) in [6.45, 7) is 3.04. The van der Waals surface area contributed by atoms with Crippen molar-refractivity contribution in [1.29, 1.82) is 0 Å². The van der Waals surface area contributed by atoms with Gasteiger partial charge in [-0.25, -0.2) is 4.98 Å². The zero-order valence-electron chi connectivity index (χ0n) is 11.8. The van der Waals surface area contributed by atoms with E-state index in [1.54, 1.807) is 4.90 Å². The molecule has 1 N–H and O–H groups in total. The monoisotopic (exact) mass is 355 g/mol. The maximum atomic E-state index is 12.2. The lowest BCUT2D eigenvalue weighted by Gasteiger charge is -2.12. The highest BCUT2D eigenvalue weighted by molar-refractivity contribution is 7.20. The molecule has 2 aromatic heterocycles. The van der Waals surface area contributed by atoms with E-state index in [1.807, 2.05) is 24.4 Å². The van der Waals surface area contributed by atoms with Crippen molar-refractivity contribution < 1.29 is 9.59 Å². The summed E-state index contributed by atoms with van der Waals surface area (Å²) in [6.07, 6.45) is 0.276. The molecular weight excluding hydrogens is 342 g/mol. The number of halogens is 1. The average molecular weight is 356 g/mol. The first kappa shape index (κ1) is 15.5. The number of thiophene rings is 1. The molecule has 1 fully saturated rings. The highest BCUT2D eigenvalue weighted by Gasteiger charge is 2.33. The van der Waals surface area contributed by atoms with Gasteiger partial charge >= 0.3 is 0 Å². The standard InChI is InChI=1S/C14H14ClN3O2S2/c1-2-18-6-8(5-12(18)19)13(20)17-14-16-9(7-21-14)10-3-4-11(15)22-10/h3-4,7-8H,2,5-6H2,1H3,(H,16,17,20). The molecule has 0 saturated carbocycles. The second-order valence-corrected chi connectivity index (χ2v) is 7.54. The fourth-order valence-electron chi connectivity index (χ4n) is 2.36. The molecule has 0 aliphatic carbocycles. The zero-order chi connectivity index (χ0) is 15.7. The van der Waals surface area contributed by atoms with Crippen LogP contribution in [0.4, 0.5) is 5.13 Å². The summed E-state index contributed by atoms with van der Waals surface area (Å²) in [5.41, 5.74) is 0.801. The van der Waals surface area contributed by atoms with E-state index in [0.29, 0.717) is 22.6 Å². The Kier molecular flexibility index (Phi) is 4.46. The van der Waals surface area contributed by atoms with Gasteiger partial charge in [0.1, 0.15) is 0 Å². The van der Waals surface area contributed by atoms with Crippen molar-refractivity contribution in [1.82, 2.24) is 9.88 Å². The first-order valence-corrected chi connectivity index (χ1v) is 8.94. The number of thiazole rings is 1. The van der Waals surface area contributed by atoms with Crippen molar-refractivity contribution in [3.63, 3.8) is 0 Å². The molecule has 0 aromatic carbocycles. The number of rotatable bonds is 4. The van der Waals surface area contributed by atoms with Gasteiger partial charge in [-0.3, -0.25) is 9.59 Å². The molecule has 1 saturated heterocycles. The number of anilines is 1. The molecule has 1 aliphatic rings. The highest BCUT2D eigenvalue weighted by atomic mass is 35.5. The SMILES string of the molecule is CCN1CC(C(=O)Nc2nc(-c3ccc(Cl)s3)cs2)CC1=O. The van der Waals surface area contributed by atoms with Crippen molar-refractivity contribution in [2.45, 2.75) is 13.3 Å². The Bertz CT molecular complexity index is 713. The molecule has 1 aliphatic heterocycles. The second kappa shape index (κ2) is 6.36. The number of amides is 2. The number of likely N-dealkylation sites (tertiary alicyclic amines) is 1. The number of carbonyl (C=O) groups is 2. The topological polar surface area (TPSA) is 62.3 Å². The minimum atomic E-state index is -0.295. The van der Waals surface area contributed by atoms with Crippen LogP contribution < -0.4 is 5.32 Å². The average Bonchev–Trinajstić information content (AvgIpc) is 3.18. The van der Waals surface area contributed by atoms with Crippen LogP contribution in [-0.2, 0) is 9.59 Å². The van der Waals surface area contributed by atoms with Gasteiger partial charge in [-0.2, -0.15) is 0 Å². The second-order valence-electron chi connectivity index (χ2n) is 4.96. The summed E-state index contributed by atoms with van der Waals surface area (Å²) < 4.78 is 0.706. The van der Waals surface area contributed by atoms with Crippen LogP contribution in [0.1, 0.15) is 13.3 Å². The van der Waals surface area contributed by atoms with Gasteiger partial charge in [-0.1, -0.05) is 11.6 Å². The van der Waals surface area contributed by atoms with Crippen molar-refractivity contribution in [3.05, 3.63) is 21.8 Å². The van der Waals surface area contributed by atoms with E-state index in [1.165, 1.54) is 22.7 Å². The predicted molar refractivity (Wildman–Crippen MR) is 89.4 cm³/mol. The fraction of sp³-hybridized carbons (Fsp3) is 0.357. The van der Waals surface area contributed by atoms with Gasteiger partial charge in [0, 0.05) is 24.9 Å². The predicted octanol–water partition coefficient (Wildman–Crippen LogP) is 3.33. The minimum absolute atomic E-state index is 0.0377. The maximum Gasteiger partial charge on any atom is 0.231 e. The lowest BCUT2D eigenvalue weighted by molar-refractivity contribution is -0.128. The quantitative estimate of drug-likeness (QED) is 0.915. The molecule has 22 heavy (non-hydrogen) atoms. The van der Waals surface area contributed by atoms with Crippen LogP contribution in [0.3, 0.4) is 0 Å². The number of nitrogens with zero attached hydrogens (tertiary/aromatic N) is 2. The largest absolute Gasteiger partial charge is 0.342 e. The molecule has 116 valence electrons. The highest BCUT2D eigenvalue weighted by Crippen LogP contribution is 2.33. The van der Waals surface area contributed by atoms with Crippen LogP contribution in [0.15, 0.2) is 17.5 Å². The van der Waals surface area contributed by atoms with Gasteiger partial charge in [0.2, 0.25) is 11.8 Å². The third-order valence-corrected chi connectivity index (χ3v) is 5.54. The molecule has 5 nitrogen and oxygen atoms in total. The molecule has 0 spiro atoms. The molecule has 2 amide bonds. The van der Waals surface area contributed by atoms with Gasteiger partial charge < -0.3 is 10.2 Å². The van der Waals surface area contributed by atoms with Crippen LogP contribution in [0.25, 0.3) is 10.6 Å². The molecule has 8 heteroatoms. The van der Waals surface area contributed by atoms with Crippen LogP contribution >= 0.6 is 34.3 Å². The molecule has 1 atom stereocenters. The first-order valence-electron chi connectivity index (χ1n) is 6.86. The number of nitrogens with one attached hydrogen (secondary N) is 1. The van der Waals surface area contributed by atoms with Gasteiger partial charge in [-0.15, -0.1) is 22.7 Å². The minimum Gasteiger partial charge on any atom is -0.342 e. The Morgan fingerprint density at radius 1 is 1.55 bits per heavy atom. The van der Waals surface area contributed by atoms with Crippen molar-refractivity contribution in [2.24, 2.45) is 5.92 Å². The molecule has 3 heterocycles. The van der Waals surface area contributed by atoms with E-state index in [9.17, 15) is 9.59 Å². The van der Waals surface area contributed by atoms with Gasteiger partial charge in [0.15, 0.2) is 5.13 Å². The third kappa shape index (κ3) is 3.16. The van der Waals surface area contributed by atoms with E-state index in [0.717, 1.165) is 10.6 Å². The van der Waals surface area contributed by atoms with E-state index in [4.69, 9.17) is 11.6 Å². The summed E-state index contributed by atoms with van der Waals surface area (Å²) in [4.78, 5) is 31.0. The Balaban J connectivity index is 1.65. The molecular formula is C14H14ClN3O2S2. The summed E-state index contributed by atoms with van der Waals surface area (Å²) in [5, 5.41) is 5.24. The summed E-state index contributed by atoms with van der Waals surface area (Å²) in [7, 11) is 0. The number of hydrogen-bond acceptors (Lipinski definition) is 5. The van der Waals surface area contributed by atoms with Crippen LogP contribution in [0.5, 0.6) is 0 Å². The van der Waals surface area contributed by atoms with E-state index >= 15 is 0 Å². The molecule has 1 unspecified atom stereocenters. The molecule has 2 aromatic rings. The fourth-order valence-corrected chi connectivity index (χ4v) is 4.15. The first-order chi connectivity index (χ1) is 10.6. The normalized spacial score (nSPS) is 18.0. The smallest absolute Gasteiger partial charge is 0.231 e. The van der Waals surface area contributed by atoms with Gasteiger partial charge in [0.05, 0.1) is 20.8 Å². The summed E-state index contributed by atoms with van der Waals surface area (Å²) in [6, 6.07) is 3.73. The number of carbonyl (C=O) groups excluding carboxylic acids is 2. The molecule has 3 rings (SSSR count). The summed E-state index contributed by atoms with van der Waals surface area (Å²) in [5.74, 6) is -0.402. The van der Waals surface area contributed by atoms with E-state index in [2.05, 4.69) is 10.3 Å². The van der Waals surface area contributed by atoms with Crippen LogP contribution in [0, 0.1) is 5.92 Å². The lowest BCUT2D eigenvalue weighted by atomic mass is 10.1. The van der Waals surface area contributed by atoms with E-state index < -0.39 is 0 Å². The Hall–Kier alpha value is -1.44. The van der Waals surface area contributed by atoms with E-state index in [-0.39, 0.29) is 24.2 Å². The number of aromatic nitrogens is 1. The number of hydrogen-bond donors (Lipinski definition) is 1. The Morgan fingerprint density at radius 3 is 3.00 bits per heavy atom. The van der Waals surface area contributed by atoms with Gasteiger partial charge in [0.25, 0.3) is 0 Å². The Morgan fingerprint density at radius 2 is 2.36 bits per heavy atom. The molecule has 0 radical (unpaired) electrons. The Labute approximate surface area is 140 Å².